The minimum absolute atomic E-state index is 0.114. The molecule has 0 fully saturated rings. The number of nitrogens with zero attached hydrogens (tertiary/aromatic N) is 2. The SMILES string of the molecule is CCCCCC(CNC(=O)Nc1cc(Cn2cccn2)ccc1C(C)(C)C)c1cccc2c1OCO2. The monoisotopic (exact) mass is 490 g/mol. The summed E-state index contributed by atoms with van der Waals surface area (Å²) >= 11 is 0. The number of ether oxygens (including phenoxy) is 2. The average Bonchev–Trinajstić information content (AvgIpc) is 3.53. The molecule has 0 bridgehead atoms. The Hall–Kier alpha value is -3.48. The van der Waals surface area contributed by atoms with Crippen molar-refractivity contribution in [2.24, 2.45) is 0 Å². The molecule has 1 aliphatic heterocycles. The van der Waals surface area contributed by atoms with Gasteiger partial charge in [-0.1, -0.05) is 71.2 Å². The highest BCUT2D eigenvalue weighted by Crippen LogP contribution is 2.40. The Morgan fingerprint density at radius 3 is 2.75 bits per heavy atom. The number of fused-ring (bicyclic) bond motifs is 1. The van der Waals surface area contributed by atoms with Crippen molar-refractivity contribution in [3.05, 3.63) is 71.5 Å². The van der Waals surface area contributed by atoms with Crippen molar-refractivity contribution in [1.82, 2.24) is 15.1 Å². The van der Waals surface area contributed by atoms with Gasteiger partial charge in [-0.3, -0.25) is 4.68 Å². The van der Waals surface area contributed by atoms with E-state index in [-0.39, 0.29) is 24.2 Å². The summed E-state index contributed by atoms with van der Waals surface area (Å²) in [5.74, 6) is 1.73. The summed E-state index contributed by atoms with van der Waals surface area (Å²) in [6.45, 7) is 10.1. The number of benzene rings is 2. The van der Waals surface area contributed by atoms with Crippen molar-refractivity contribution < 1.29 is 14.3 Å². The third-order valence-corrected chi connectivity index (χ3v) is 6.58. The van der Waals surface area contributed by atoms with Crippen LogP contribution in [0.25, 0.3) is 0 Å². The molecule has 36 heavy (non-hydrogen) atoms. The Bertz CT molecular complexity index is 1150. The van der Waals surface area contributed by atoms with E-state index >= 15 is 0 Å². The van der Waals surface area contributed by atoms with E-state index in [4.69, 9.17) is 9.47 Å². The molecule has 1 atom stereocenters. The van der Waals surface area contributed by atoms with Crippen molar-refractivity contribution in [3.8, 4) is 11.5 Å². The number of urea groups is 1. The summed E-state index contributed by atoms with van der Waals surface area (Å²) in [7, 11) is 0. The van der Waals surface area contributed by atoms with Crippen LogP contribution in [0.4, 0.5) is 10.5 Å². The van der Waals surface area contributed by atoms with Gasteiger partial charge in [-0.25, -0.2) is 4.79 Å². The number of anilines is 1. The van der Waals surface area contributed by atoms with Gasteiger partial charge >= 0.3 is 6.03 Å². The molecule has 4 rings (SSSR count). The van der Waals surface area contributed by atoms with Crippen molar-refractivity contribution in [2.75, 3.05) is 18.7 Å². The lowest BCUT2D eigenvalue weighted by Crippen LogP contribution is -2.33. The number of amides is 2. The lowest BCUT2D eigenvalue weighted by Gasteiger charge is -2.24. The molecule has 0 aliphatic carbocycles. The molecule has 1 unspecified atom stereocenters. The quantitative estimate of drug-likeness (QED) is 0.321. The molecule has 2 aromatic carbocycles. The first-order chi connectivity index (χ1) is 17.3. The summed E-state index contributed by atoms with van der Waals surface area (Å²) in [6.07, 6.45) is 8.08. The second-order valence-electron chi connectivity index (χ2n) is 10.4. The summed E-state index contributed by atoms with van der Waals surface area (Å²) in [5.41, 5.74) is 3.98. The summed E-state index contributed by atoms with van der Waals surface area (Å²) in [5, 5.41) is 10.6. The maximum atomic E-state index is 13.1. The predicted octanol–water partition coefficient (Wildman–Crippen LogP) is 6.44. The summed E-state index contributed by atoms with van der Waals surface area (Å²) in [6, 6.07) is 14.0. The van der Waals surface area contributed by atoms with E-state index in [1.165, 1.54) is 0 Å². The maximum absolute atomic E-state index is 13.1. The largest absolute Gasteiger partial charge is 0.454 e. The number of hydrogen-bond acceptors (Lipinski definition) is 4. The van der Waals surface area contributed by atoms with E-state index < -0.39 is 0 Å². The molecule has 1 aromatic heterocycles. The van der Waals surface area contributed by atoms with E-state index in [2.05, 4.69) is 67.7 Å². The topological polar surface area (TPSA) is 77.4 Å². The molecular formula is C29H38N4O3. The van der Waals surface area contributed by atoms with Crippen molar-refractivity contribution in [1.29, 1.82) is 0 Å². The Labute approximate surface area is 214 Å². The Kier molecular flexibility index (Phi) is 8.18. The molecule has 2 amide bonds. The van der Waals surface area contributed by atoms with Crippen LogP contribution in [0, 0.1) is 0 Å². The second kappa shape index (κ2) is 11.5. The highest BCUT2D eigenvalue weighted by molar-refractivity contribution is 5.90. The Morgan fingerprint density at radius 1 is 1.14 bits per heavy atom. The van der Waals surface area contributed by atoms with Crippen LogP contribution < -0.4 is 20.1 Å². The highest BCUT2D eigenvalue weighted by Gasteiger charge is 2.24. The third kappa shape index (κ3) is 6.39. The molecule has 7 heteroatoms. The van der Waals surface area contributed by atoms with Crippen LogP contribution in [0.1, 0.15) is 76.0 Å². The highest BCUT2D eigenvalue weighted by atomic mass is 16.7. The van der Waals surface area contributed by atoms with Gasteiger partial charge in [-0.2, -0.15) is 5.10 Å². The van der Waals surface area contributed by atoms with Gasteiger partial charge in [0, 0.05) is 36.1 Å². The first kappa shape index (κ1) is 25.6. The first-order valence-corrected chi connectivity index (χ1v) is 12.9. The molecule has 0 saturated heterocycles. The standard InChI is InChI=1S/C29H38N4O3/c1-5-6-7-10-22(23-11-8-12-26-27(23)36-20-35-26)18-30-28(34)32-25-17-21(19-33-16-9-15-31-33)13-14-24(25)29(2,3)4/h8-9,11-17,22H,5-7,10,18-20H2,1-4H3,(H2,30,32,34). The summed E-state index contributed by atoms with van der Waals surface area (Å²) < 4.78 is 13.2. The van der Waals surface area contributed by atoms with E-state index in [1.54, 1.807) is 6.20 Å². The lowest BCUT2D eigenvalue weighted by atomic mass is 9.85. The fourth-order valence-corrected chi connectivity index (χ4v) is 4.69. The maximum Gasteiger partial charge on any atom is 0.319 e. The van der Waals surface area contributed by atoms with Crippen molar-refractivity contribution in [2.45, 2.75) is 71.3 Å². The number of para-hydroxylation sites is 1. The van der Waals surface area contributed by atoms with Gasteiger partial charge in [0.1, 0.15) is 0 Å². The van der Waals surface area contributed by atoms with E-state index in [9.17, 15) is 4.79 Å². The third-order valence-electron chi connectivity index (χ3n) is 6.58. The van der Waals surface area contributed by atoms with E-state index in [0.717, 1.165) is 59.6 Å². The molecule has 0 radical (unpaired) electrons. The van der Waals surface area contributed by atoms with Gasteiger partial charge in [0.25, 0.3) is 0 Å². The Morgan fingerprint density at radius 2 is 2.00 bits per heavy atom. The Balaban J connectivity index is 1.48. The zero-order valence-electron chi connectivity index (χ0n) is 21.8. The van der Waals surface area contributed by atoms with Crippen LogP contribution in [-0.2, 0) is 12.0 Å². The zero-order chi connectivity index (χ0) is 25.5. The van der Waals surface area contributed by atoms with E-state index in [0.29, 0.717) is 13.1 Å². The van der Waals surface area contributed by atoms with Gasteiger partial charge in [-0.05, 0) is 41.2 Å². The van der Waals surface area contributed by atoms with Crippen molar-refractivity contribution in [3.63, 3.8) is 0 Å². The van der Waals surface area contributed by atoms with Crippen LogP contribution in [0.15, 0.2) is 54.9 Å². The smallest absolute Gasteiger partial charge is 0.319 e. The predicted molar refractivity (Wildman–Crippen MR) is 143 cm³/mol. The molecule has 3 aromatic rings. The molecule has 0 spiro atoms. The number of hydrogen-bond donors (Lipinski definition) is 2. The van der Waals surface area contributed by atoms with Crippen LogP contribution in [-0.4, -0.2) is 29.1 Å². The number of unbranched alkanes of at least 4 members (excludes halogenated alkanes) is 2. The lowest BCUT2D eigenvalue weighted by molar-refractivity contribution is 0.173. The molecule has 7 nitrogen and oxygen atoms in total. The van der Waals surface area contributed by atoms with Gasteiger partial charge in [-0.15, -0.1) is 0 Å². The van der Waals surface area contributed by atoms with Gasteiger partial charge in [0.2, 0.25) is 6.79 Å². The molecule has 2 heterocycles. The van der Waals surface area contributed by atoms with Gasteiger partial charge in [0.05, 0.1) is 6.54 Å². The molecular weight excluding hydrogens is 452 g/mol. The number of rotatable bonds is 10. The average molecular weight is 491 g/mol. The van der Waals surface area contributed by atoms with Crippen LogP contribution >= 0.6 is 0 Å². The second-order valence-corrected chi connectivity index (χ2v) is 10.4. The molecule has 2 N–H and O–H groups in total. The normalized spacial score (nSPS) is 13.4. The fraction of sp³-hybridized carbons (Fsp3) is 0.448. The summed E-state index contributed by atoms with van der Waals surface area (Å²) in [4.78, 5) is 13.1. The van der Waals surface area contributed by atoms with E-state index in [1.807, 2.05) is 29.1 Å². The van der Waals surface area contributed by atoms with Crippen LogP contribution in [0.2, 0.25) is 0 Å². The number of nitrogens with one attached hydrogen (secondary N) is 2. The minimum Gasteiger partial charge on any atom is -0.454 e. The van der Waals surface area contributed by atoms with Crippen molar-refractivity contribution >= 4 is 11.7 Å². The minimum atomic E-state index is -0.207. The fourth-order valence-electron chi connectivity index (χ4n) is 4.69. The van der Waals surface area contributed by atoms with Gasteiger partial charge in [0.15, 0.2) is 11.5 Å². The number of carbonyl (C=O) groups excluding carboxylic acids is 1. The van der Waals surface area contributed by atoms with Gasteiger partial charge < -0.3 is 20.1 Å². The molecule has 0 saturated carbocycles. The molecule has 1 aliphatic rings. The number of aromatic nitrogens is 2. The zero-order valence-corrected chi connectivity index (χ0v) is 21.8. The van der Waals surface area contributed by atoms with Crippen LogP contribution in [0.3, 0.4) is 0 Å². The number of carbonyl (C=O) groups is 1. The first-order valence-electron chi connectivity index (χ1n) is 12.9. The molecule has 192 valence electrons. The van der Waals surface area contributed by atoms with Crippen LogP contribution in [0.5, 0.6) is 11.5 Å².